The molecule has 14 heteroatoms. The molecule has 4 amide bonds. The van der Waals surface area contributed by atoms with E-state index in [1.807, 2.05) is 10.2 Å². The Morgan fingerprint density at radius 1 is 1.39 bits per heavy atom. The molecule has 1 heterocycles. The second-order valence-corrected chi connectivity index (χ2v) is 7.29. The Hall–Kier alpha value is -1.84. The van der Waals surface area contributed by atoms with Gasteiger partial charge in [0.15, 0.2) is 0 Å². The molecule has 158 valence electrons. The lowest BCUT2D eigenvalue weighted by Gasteiger charge is -2.37. The van der Waals surface area contributed by atoms with Crippen LogP contribution >= 0.6 is 34.8 Å². The van der Waals surface area contributed by atoms with E-state index in [4.69, 9.17) is 44.8 Å². The quantitative estimate of drug-likeness (QED) is 0.221. The molecule has 0 saturated carbocycles. The summed E-state index contributed by atoms with van der Waals surface area (Å²) in [5, 5.41) is 18.2. The van der Waals surface area contributed by atoms with E-state index >= 15 is 0 Å². The van der Waals surface area contributed by atoms with Crippen molar-refractivity contribution in [2.45, 2.75) is 16.9 Å². The lowest BCUT2D eigenvalue weighted by Crippen LogP contribution is -2.56. The van der Waals surface area contributed by atoms with Gasteiger partial charge < -0.3 is 20.2 Å². The fourth-order valence-electron chi connectivity index (χ4n) is 1.88. The highest BCUT2D eigenvalue weighted by Crippen LogP contribution is 2.32. The lowest BCUT2D eigenvalue weighted by molar-refractivity contribution is -0.114. The third kappa shape index (κ3) is 10.5. The zero-order valence-corrected chi connectivity index (χ0v) is 17.5. The van der Waals surface area contributed by atoms with Crippen molar-refractivity contribution in [3.05, 3.63) is 0 Å². The van der Waals surface area contributed by atoms with Crippen molar-refractivity contribution in [3.63, 3.8) is 0 Å². The molecule has 3 N–H and O–H groups in total. The van der Waals surface area contributed by atoms with Crippen molar-refractivity contribution in [2.24, 2.45) is 5.16 Å². The third-order valence-electron chi connectivity index (χ3n) is 3.01. The fourth-order valence-corrected chi connectivity index (χ4v) is 2.48. The standard InChI is InChI=1S/C7H11Cl3N2O2.C7H10N4O3/c8-7(9,10)6(11-5-13)12-1-3-14-4-2-12;1-3-9-7(13)10-6(12)5(4-8)11-14-2/h5-6H,1-4H2,(H,11,13);3H2,1-2H3,(H2,9,10,12,13)/b;11-5-. The van der Waals surface area contributed by atoms with E-state index in [1.165, 1.54) is 13.2 Å². The summed E-state index contributed by atoms with van der Waals surface area (Å²) < 4.78 is 3.62. The molecule has 1 fully saturated rings. The number of morpholine rings is 1. The number of oxime groups is 1. The molecule has 1 aliphatic rings. The summed E-state index contributed by atoms with van der Waals surface area (Å²) in [5.41, 5.74) is -0.515. The number of nitrogens with zero attached hydrogens (tertiary/aromatic N) is 3. The summed E-state index contributed by atoms with van der Waals surface area (Å²) in [6.45, 7) is 4.51. The van der Waals surface area contributed by atoms with Crippen LogP contribution in [0.15, 0.2) is 5.16 Å². The number of urea groups is 1. The molecule has 28 heavy (non-hydrogen) atoms. The van der Waals surface area contributed by atoms with E-state index < -0.39 is 27.6 Å². The zero-order valence-electron chi connectivity index (χ0n) is 15.2. The number of imide groups is 1. The minimum Gasteiger partial charge on any atom is -0.398 e. The maximum atomic E-state index is 11.0. The number of hydrogen-bond donors (Lipinski definition) is 3. The van der Waals surface area contributed by atoms with E-state index in [0.29, 0.717) is 39.3 Å². The number of carbonyl (C=O) groups is 3. The highest BCUT2D eigenvalue weighted by atomic mass is 35.6. The molecule has 0 bridgehead atoms. The maximum absolute atomic E-state index is 11.0. The van der Waals surface area contributed by atoms with Crippen LogP contribution in [0.1, 0.15) is 6.92 Å². The predicted octanol–water partition coefficient (Wildman–Crippen LogP) is 0.119. The first-order valence-corrected chi connectivity index (χ1v) is 9.03. The summed E-state index contributed by atoms with van der Waals surface area (Å²) in [7, 11) is 1.19. The van der Waals surface area contributed by atoms with Crippen molar-refractivity contribution >= 4 is 58.9 Å². The first-order valence-electron chi connectivity index (χ1n) is 7.89. The Balaban J connectivity index is 0.000000521. The summed E-state index contributed by atoms with van der Waals surface area (Å²) in [6.07, 6.45) is -0.0731. The Labute approximate surface area is 177 Å². The smallest absolute Gasteiger partial charge is 0.321 e. The normalized spacial score (nSPS) is 15.8. The first-order chi connectivity index (χ1) is 13.2. The van der Waals surface area contributed by atoms with Crippen molar-refractivity contribution < 1.29 is 24.0 Å². The summed E-state index contributed by atoms with van der Waals surface area (Å²) in [5.74, 6) is -0.903. The topological polar surface area (TPSA) is 145 Å². The molecular weight excluding hydrogens is 439 g/mol. The minimum atomic E-state index is -1.53. The molecule has 1 atom stereocenters. The number of nitrogens with one attached hydrogen (secondary N) is 3. The molecule has 1 unspecified atom stereocenters. The van der Waals surface area contributed by atoms with Gasteiger partial charge in [0, 0.05) is 19.6 Å². The van der Waals surface area contributed by atoms with Crippen LogP contribution in [0.3, 0.4) is 0 Å². The highest BCUT2D eigenvalue weighted by Gasteiger charge is 2.37. The highest BCUT2D eigenvalue weighted by molar-refractivity contribution is 6.68. The van der Waals surface area contributed by atoms with E-state index in [9.17, 15) is 14.4 Å². The number of hydrogen-bond acceptors (Lipinski definition) is 8. The van der Waals surface area contributed by atoms with Gasteiger partial charge in [0.2, 0.25) is 15.9 Å². The zero-order chi connectivity index (χ0) is 21.6. The van der Waals surface area contributed by atoms with Crippen LogP contribution in [-0.2, 0) is 19.2 Å². The maximum Gasteiger partial charge on any atom is 0.321 e. The third-order valence-corrected chi connectivity index (χ3v) is 3.63. The number of carbonyl (C=O) groups excluding carboxylic acids is 3. The molecule has 0 aliphatic carbocycles. The monoisotopic (exact) mass is 458 g/mol. The lowest BCUT2D eigenvalue weighted by atomic mass is 10.3. The van der Waals surface area contributed by atoms with Crippen LogP contribution < -0.4 is 16.0 Å². The summed E-state index contributed by atoms with van der Waals surface area (Å²) >= 11 is 17.2. The van der Waals surface area contributed by atoms with E-state index in [2.05, 4.69) is 20.6 Å². The van der Waals surface area contributed by atoms with Gasteiger partial charge in [0.05, 0.1) is 13.2 Å². The van der Waals surface area contributed by atoms with Gasteiger partial charge in [0.1, 0.15) is 19.3 Å². The van der Waals surface area contributed by atoms with Crippen molar-refractivity contribution in [3.8, 4) is 6.07 Å². The second kappa shape index (κ2) is 14.2. The predicted molar refractivity (Wildman–Crippen MR) is 103 cm³/mol. The largest absolute Gasteiger partial charge is 0.398 e. The first kappa shape index (κ1) is 26.2. The summed E-state index contributed by atoms with van der Waals surface area (Å²) in [4.78, 5) is 38.3. The molecule has 0 aromatic rings. The Morgan fingerprint density at radius 2 is 2.00 bits per heavy atom. The molecule has 11 nitrogen and oxygen atoms in total. The Bertz CT molecular complexity index is 587. The van der Waals surface area contributed by atoms with Crippen LogP contribution in [0.4, 0.5) is 4.79 Å². The Kier molecular flexibility index (Phi) is 13.3. The number of ether oxygens (including phenoxy) is 1. The van der Waals surface area contributed by atoms with Crippen LogP contribution in [0.5, 0.6) is 0 Å². The average molecular weight is 460 g/mol. The molecule has 1 aliphatic heterocycles. The Morgan fingerprint density at radius 3 is 2.43 bits per heavy atom. The van der Waals surface area contributed by atoms with Gasteiger partial charge in [-0.25, -0.2) is 4.79 Å². The van der Waals surface area contributed by atoms with E-state index in [-0.39, 0.29) is 0 Å². The molecular formula is C14H21Cl3N6O5. The van der Waals surface area contributed by atoms with Crippen molar-refractivity contribution in [2.75, 3.05) is 40.0 Å². The van der Waals surface area contributed by atoms with Crippen LogP contribution in [0, 0.1) is 11.3 Å². The molecule has 0 spiro atoms. The second-order valence-electron chi connectivity index (χ2n) is 4.92. The van der Waals surface area contributed by atoms with Gasteiger partial charge in [-0.1, -0.05) is 40.0 Å². The molecule has 0 radical (unpaired) electrons. The molecule has 0 aromatic carbocycles. The van der Waals surface area contributed by atoms with Crippen LogP contribution in [0.2, 0.25) is 0 Å². The number of alkyl halides is 3. The van der Waals surface area contributed by atoms with Crippen LogP contribution in [-0.4, -0.2) is 78.9 Å². The number of amides is 4. The number of rotatable bonds is 6. The van der Waals surface area contributed by atoms with Gasteiger partial charge in [-0.2, -0.15) is 5.26 Å². The minimum absolute atomic E-state index is 0.377. The number of halogens is 3. The van der Waals surface area contributed by atoms with Gasteiger partial charge >= 0.3 is 6.03 Å². The van der Waals surface area contributed by atoms with Crippen molar-refractivity contribution in [1.82, 2.24) is 20.9 Å². The SMILES string of the molecule is CCNC(=O)NC(=O)/C(C#N)=N\OC.O=CNC(N1CCOCC1)C(Cl)(Cl)Cl. The molecule has 1 saturated heterocycles. The van der Waals surface area contributed by atoms with E-state index in [1.54, 1.807) is 6.92 Å². The van der Waals surface area contributed by atoms with Gasteiger partial charge in [-0.3, -0.25) is 19.8 Å². The van der Waals surface area contributed by atoms with Gasteiger partial charge in [-0.05, 0) is 6.92 Å². The summed E-state index contributed by atoms with van der Waals surface area (Å²) in [6, 6.07) is 0.799. The fraction of sp³-hybridized carbons (Fsp3) is 0.643. The molecule has 1 rings (SSSR count). The van der Waals surface area contributed by atoms with Crippen molar-refractivity contribution in [1.29, 1.82) is 5.26 Å². The van der Waals surface area contributed by atoms with E-state index in [0.717, 1.165) is 0 Å². The van der Waals surface area contributed by atoms with Gasteiger partial charge in [0.25, 0.3) is 5.91 Å². The molecule has 0 aromatic heterocycles. The number of nitriles is 1. The average Bonchev–Trinajstić information content (AvgIpc) is 2.64. The van der Waals surface area contributed by atoms with Crippen LogP contribution in [0.25, 0.3) is 0 Å². The van der Waals surface area contributed by atoms with Gasteiger partial charge in [-0.15, -0.1) is 0 Å².